The first kappa shape index (κ1) is 16.9. The fraction of sp³-hybridized carbons (Fsp3) is 0.417. The van der Waals surface area contributed by atoms with Gasteiger partial charge in [0.25, 0.3) is 5.69 Å². The van der Waals surface area contributed by atoms with Crippen molar-refractivity contribution in [2.24, 2.45) is 0 Å². The number of hydrogen-bond acceptors (Lipinski definition) is 6. The number of benzene rings is 1. The van der Waals surface area contributed by atoms with Gasteiger partial charge in [-0.3, -0.25) is 15.4 Å². The van der Waals surface area contributed by atoms with E-state index in [2.05, 4.69) is 5.32 Å². The molecule has 0 aliphatic heterocycles. The van der Waals surface area contributed by atoms with Crippen LogP contribution in [0.3, 0.4) is 0 Å². The molecule has 1 N–H and O–H groups in total. The Morgan fingerprint density at radius 1 is 1.33 bits per heavy atom. The molecule has 0 unspecified atom stereocenters. The van der Waals surface area contributed by atoms with Gasteiger partial charge in [-0.1, -0.05) is 0 Å². The summed E-state index contributed by atoms with van der Waals surface area (Å²) in [5.74, 6) is 0. The Kier molecular flexibility index (Phi) is 4.57. The van der Waals surface area contributed by atoms with Crippen LogP contribution in [-0.4, -0.2) is 31.3 Å². The maximum atomic E-state index is 11.6. The van der Waals surface area contributed by atoms with Gasteiger partial charge >= 0.3 is 6.09 Å². The number of hydrogen-bond donors (Lipinski definition) is 1. The molecule has 0 bridgehead atoms. The molecule has 0 spiro atoms. The zero-order chi connectivity index (χ0) is 16.4. The third kappa shape index (κ3) is 5.03. The predicted octanol–water partition coefficient (Wildman–Crippen LogP) is 2.35. The van der Waals surface area contributed by atoms with Gasteiger partial charge in [-0.05, 0) is 32.9 Å². The molecule has 0 radical (unpaired) electrons. The van der Waals surface area contributed by atoms with E-state index in [1.54, 1.807) is 20.8 Å². The summed E-state index contributed by atoms with van der Waals surface area (Å²) in [5, 5.41) is 13.2. The number of nitro groups is 1. The van der Waals surface area contributed by atoms with Crippen LogP contribution in [0.15, 0.2) is 23.1 Å². The number of nitrogens with one attached hydrogen (secondary N) is 1. The van der Waals surface area contributed by atoms with Crippen molar-refractivity contribution in [3.05, 3.63) is 28.3 Å². The lowest BCUT2D eigenvalue weighted by Gasteiger charge is -2.19. The van der Waals surface area contributed by atoms with Crippen molar-refractivity contribution in [3.8, 4) is 0 Å². The van der Waals surface area contributed by atoms with Gasteiger partial charge in [0, 0.05) is 12.3 Å². The molecule has 0 saturated carbocycles. The molecule has 0 atom stereocenters. The predicted molar refractivity (Wildman–Crippen MR) is 76.1 cm³/mol. The first-order valence-electron chi connectivity index (χ1n) is 5.88. The molecule has 1 amide bonds. The highest BCUT2D eigenvalue weighted by Crippen LogP contribution is 2.27. The van der Waals surface area contributed by atoms with Gasteiger partial charge in [0.2, 0.25) is 0 Å². The summed E-state index contributed by atoms with van der Waals surface area (Å²) in [7, 11) is -3.74. The average molecular weight is 316 g/mol. The minimum Gasteiger partial charge on any atom is -0.444 e. The molecule has 0 saturated heterocycles. The largest absolute Gasteiger partial charge is 0.444 e. The molecule has 0 heterocycles. The second kappa shape index (κ2) is 5.68. The summed E-state index contributed by atoms with van der Waals surface area (Å²) in [6.45, 7) is 5.01. The Labute approximate surface area is 122 Å². The Morgan fingerprint density at radius 2 is 1.90 bits per heavy atom. The second-order valence-corrected chi connectivity index (χ2v) is 7.32. The zero-order valence-corrected chi connectivity index (χ0v) is 12.9. The number of amides is 1. The van der Waals surface area contributed by atoms with Gasteiger partial charge in [-0.15, -0.1) is 0 Å². The van der Waals surface area contributed by atoms with Crippen molar-refractivity contribution < 1.29 is 22.9 Å². The van der Waals surface area contributed by atoms with Crippen LogP contribution in [0.25, 0.3) is 0 Å². The quantitative estimate of drug-likeness (QED) is 0.676. The summed E-state index contributed by atoms with van der Waals surface area (Å²) in [6, 6.07) is 3.30. The summed E-state index contributed by atoms with van der Waals surface area (Å²) in [4.78, 5) is 21.3. The lowest BCUT2D eigenvalue weighted by Crippen LogP contribution is -2.27. The van der Waals surface area contributed by atoms with Crippen molar-refractivity contribution in [2.45, 2.75) is 31.3 Å². The van der Waals surface area contributed by atoms with Crippen molar-refractivity contribution in [2.75, 3.05) is 11.6 Å². The monoisotopic (exact) mass is 316 g/mol. The lowest BCUT2D eigenvalue weighted by atomic mass is 10.2. The number of nitro benzene ring substituents is 1. The van der Waals surface area contributed by atoms with Crippen LogP contribution in [0.2, 0.25) is 0 Å². The van der Waals surface area contributed by atoms with Gasteiger partial charge in [0.1, 0.15) is 10.5 Å². The molecular weight excluding hydrogens is 300 g/mol. The fourth-order valence-corrected chi connectivity index (χ4v) is 2.30. The van der Waals surface area contributed by atoms with Gasteiger partial charge in [0.05, 0.1) is 10.6 Å². The molecule has 1 rings (SSSR count). The SMILES string of the molecule is CC(C)(C)OC(=O)Nc1ccc(S(C)(=O)=O)c([N+](=O)[O-])c1. The molecule has 0 aliphatic carbocycles. The molecule has 1 aromatic carbocycles. The number of carbonyl (C=O) groups excluding carboxylic acids is 1. The molecule has 9 heteroatoms. The Hall–Kier alpha value is -2.16. The molecular formula is C12H16N2O6S. The molecule has 116 valence electrons. The summed E-state index contributed by atoms with van der Waals surface area (Å²) in [5.41, 5.74) is -1.25. The normalized spacial score (nSPS) is 11.8. The van der Waals surface area contributed by atoms with E-state index < -0.39 is 37.0 Å². The van der Waals surface area contributed by atoms with Gasteiger partial charge in [-0.25, -0.2) is 13.2 Å². The van der Waals surface area contributed by atoms with Crippen LogP contribution in [0.1, 0.15) is 20.8 Å². The highest BCUT2D eigenvalue weighted by atomic mass is 32.2. The number of sulfone groups is 1. The van der Waals surface area contributed by atoms with Crippen molar-refractivity contribution >= 4 is 27.3 Å². The third-order valence-electron chi connectivity index (χ3n) is 2.20. The second-order valence-electron chi connectivity index (χ2n) is 5.34. The van der Waals surface area contributed by atoms with Crippen LogP contribution in [-0.2, 0) is 14.6 Å². The maximum absolute atomic E-state index is 11.6. The molecule has 0 aromatic heterocycles. The van der Waals surface area contributed by atoms with E-state index in [4.69, 9.17) is 4.74 Å². The fourth-order valence-electron chi connectivity index (χ4n) is 1.47. The van der Waals surface area contributed by atoms with Crippen LogP contribution in [0.5, 0.6) is 0 Å². The number of rotatable bonds is 3. The zero-order valence-electron chi connectivity index (χ0n) is 12.0. The van der Waals surface area contributed by atoms with Crippen molar-refractivity contribution in [1.29, 1.82) is 0 Å². The van der Waals surface area contributed by atoms with E-state index in [9.17, 15) is 23.3 Å². The highest BCUT2D eigenvalue weighted by molar-refractivity contribution is 7.90. The molecule has 21 heavy (non-hydrogen) atoms. The minimum absolute atomic E-state index is 0.0725. The topological polar surface area (TPSA) is 116 Å². The van der Waals surface area contributed by atoms with Gasteiger partial charge in [-0.2, -0.15) is 0 Å². The van der Waals surface area contributed by atoms with Crippen LogP contribution < -0.4 is 5.32 Å². The first-order valence-corrected chi connectivity index (χ1v) is 7.78. The van der Waals surface area contributed by atoms with Crippen LogP contribution >= 0.6 is 0 Å². The Balaban J connectivity index is 3.11. The Morgan fingerprint density at radius 3 is 2.33 bits per heavy atom. The standard InChI is InChI=1S/C12H16N2O6S/c1-12(2,3)20-11(15)13-8-5-6-10(21(4,18)19)9(7-8)14(16)17/h5-7H,1-4H3,(H,13,15). The first-order chi connectivity index (χ1) is 9.40. The van der Waals surface area contributed by atoms with Gasteiger partial charge < -0.3 is 4.74 Å². The summed E-state index contributed by atoms with van der Waals surface area (Å²) < 4.78 is 27.9. The maximum Gasteiger partial charge on any atom is 0.412 e. The van der Waals surface area contributed by atoms with Crippen molar-refractivity contribution in [1.82, 2.24) is 0 Å². The van der Waals surface area contributed by atoms with E-state index in [-0.39, 0.29) is 5.69 Å². The number of nitrogens with zero attached hydrogens (tertiary/aromatic N) is 1. The lowest BCUT2D eigenvalue weighted by molar-refractivity contribution is -0.387. The van der Waals surface area contributed by atoms with E-state index in [0.717, 1.165) is 18.4 Å². The number of carbonyl (C=O) groups is 1. The minimum atomic E-state index is -3.74. The average Bonchev–Trinajstić information content (AvgIpc) is 2.24. The van der Waals surface area contributed by atoms with Crippen LogP contribution in [0.4, 0.5) is 16.2 Å². The number of ether oxygens (including phenoxy) is 1. The van der Waals surface area contributed by atoms with E-state index in [1.807, 2.05) is 0 Å². The molecule has 8 nitrogen and oxygen atoms in total. The molecule has 0 aliphatic rings. The van der Waals surface area contributed by atoms with Crippen molar-refractivity contribution in [3.63, 3.8) is 0 Å². The highest BCUT2D eigenvalue weighted by Gasteiger charge is 2.23. The van der Waals surface area contributed by atoms with Gasteiger partial charge in [0.15, 0.2) is 9.84 Å². The number of anilines is 1. The molecule has 1 aromatic rings. The molecule has 0 fully saturated rings. The van der Waals surface area contributed by atoms with E-state index in [1.165, 1.54) is 6.07 Å². The van der Waals surface area contributed by atoms with E-state index >= 15 is 0 Å². The summed E-state index contributed by atoms with van der Waals surface area (Å²) in [6.07, 6.45) is 0.0833. The third-order valence-corrected chi connectivity index (χ3v) is 3.34. The summed E-state index contributed by atoms with van der Waals surface area (Å²) >= 11 is 0. The van der Waals surface area contributed by atoms with E-state index in [0.29, 0.717) is 0 Å². The smallest absolute Gasteiger partial charge is 0.412 e. The van der Waals surface area contributed by atoms with Crippen LogP contribution in [0, 0.1) is 10.1 Å². The Bertz CT molecular complexity index is 675.